The number of benzene rings is 2. The van der Waals surface area contributed by atoms with E-state index in [0.29, 0.717) is 11.1 Å². The summed E-state index contributed by atoms with van der Waals surface area (Å²) in [7, 11) is 0. The van der Waals surface area contributed by atoms with E-state index in [2.05, 4.69) is 51.9 Å². The van der Waals surface area contributed by atoms with E-state index in [1.165, 1.54) is 21.3 Å². The molecule has 1 aliphatic heterocycles. The molecule has 0 aliphatic carbocycles. The fourth-order valence-corrected chi connectivity index (χ4v) is 5.48. The predicted molar refractivity (Wildman–Crippen MR) is 145 cm³/mol. The van der Waals surface area contributed by atoms with Crippen molar-refractivity contribution >= 4 is 34.7 Å². The minimum atomic E-state index is -0.670. The molecule has 4 rings (SSSR count). The van der Waals surface area contributed by atoms with Crippen LogP contribution in [0.4, 0.5) is 5.69 Å². The van der Waals surface area contributed by atoms with Gasteiger partial charge in [-0.15, -0.1) is 11.3 Å². The number of aromatic nitrogens is 1. The molecule has 188 valence electrons. The summed E-state index contributed by atoms with van der Waals surface area (Å²) in [5.41, 5.74) is 4.45. The summed E-state index contributed by atoms with van der Waals surface area (Å²) in [5.74, 6) is -0.670. The van der Waals surface area contributed by atoms with Gasteiger partial charge < -0.3 is 10.6 Å². The van der Waals surface area contributed by atoms with Crippen LogP contribution in [0.3, 0.4) is 0 Å². The largest absolute Gasteiger partial charge is 0.360 e. The normalized spacial score (nSPS) is 14.3. The van der Waals surface area contributed by atoms with E-state index in [4.69, 9.17) is 5.26 Å². The molecule has 0 saturated heterocycles. The molecule has 0 bridgehead atoms. The van der Waals surface area contributed by atoms with Gasteiger partial charge in [0, 0.05) is 38.1 Å². The second-order valence-corrected chi connectivity index (χ2v) is 9.71. The topological polar surface area (TPSA) is 114 Å². The van der Waals surface area contributed by atoms with Gasteiger partial charge in [0.1, 0.15) is 21.8 Å². The summed E-state index contributed by atoms with van der Waals surface area (Å²) in [6, 6.07) is 20.4. The van der Waals surface area contributed by atoms with E-state index in [0.717, 1.165) is 49.5 Å². The zero-order valence-corrected chi connectivity index (χ0v) is 21.5. The van der Waals surface area contributed by atoms with Crippen molar-refractivity contribution in [2.75, 3.05) is 25.0 Å². The van der Waals surface area contributed by atoms with Gasteiger partial charge in [0.15, 0.2) is 5.57 Å². The molecule has 9 heteroatoms. The quantitative estimate of drug-likeness (QED) is 0.444. The standard InChI is InChI=1S/C28H28N6O2S/c1-2-34-27(36)25(37-28(34)24(17-30)26(35)31-13-12-29)18-32-23-9-5-6-20(16-23)10-14-33-15-11-21-7-3-4-8-22(21)19-33/h3-9,16,18,32H,2,10-11,13-15,19H2,1H3,(H,31,35)/b25-18+,28-24-. The van der Waals surface area contributed by atoms with Crippen molar-refractivity contribution in [3.8, 4) is 12.1 Å². The van der Waals surface area contributed by atoms with Crippen LogP contribution in [-0.2, 0) is 30.7 Å². The Balaban J connectivity index is 1.49. The first-order valence-electron chi connectivity index (χ1n) is 12.2. The Morgan fingerprint density at radius 3 is 2.73 bits per heavy atom. The molecule has 0 unspecified atom stereocenters. The predicted octanol–water partition coefficient (Wildman–Crippen LogP) is 1.69. The Bertz CT molecular complexity index is 1560. The van der Waals surface area contributed by atoms with Crippen molar-refractivity contribution in [1.82, 2.24) is 14.8 Å². The van der Waals surface area contributed by atoms with Gasteiger partial charge in [-0.1, -0.05) is 36.4 Å². The van der Waals surface area contributed by atoms with Gasteiger partial charge in [-0.3, -0.25) is 19.1 Å². The molecule has 37 heavy (non-hydrogen) atoms. The molecular formula is C28H28N6O2S. The lowest BCUT2D eigenvalue weighted by atomic mass is 9.99. The molecule has 0 saturated carbocycles. The lowest BCUT2D eigenvalue weighted by Crippen LogP contribution is -2.34. The van der Waals surface area contributed by atoms with Gasteiger partial charge in [0.05, 0.1) is 6.07 Å². The highest BCUT2D eigenvalue weighted by Gasteiger charge is 2.16. The van der Waals surface area contributed by atoms with Gasteiger partial charge in [-0.25, -0.2) is 0 Å². The fourth-order valence-electron chi connectivity index (χ4n) is 4.39. The molecular weight excluding hydrogens is 484 g/mol. The molecule has 2 aromatic carbocycles. The number of nitriles is 2. The van der Waals surface area contributed by atoms with Gasteiger partial charge in [-0.05, 0) is 48.6 Å². The molecule has 1 aromatic heterocycles. The summed E-state index contributed by atoms with van der Waals surface area (Å²) >= 11 is 1.07. The average Bonchev–Trinajstić information content (AvgIpc) is 3.24. The fraction of sp³-hybridized carbons (Fsp3) is 0.286. The maximum Gasteiger partial charge on any atom is 0.270 e. The number of nitrogens with one attached hydrogen (secondary N) is 2. The molecule has 0 fully saturated rings. The average molecular weight is 513 g/mol. The zero-order chi connectivity index (χ0) is 26.2. The molecule has 1 aliphatic rings. The molecule has 0 radical (unpaired) electrons. The van der Waals surface area contributed by atoms with E-state index in [1.54, 1.807) is 13.1 Å². The number of amides is 1. The molecule has 3 aromatic rings. The maximum atomic E-state index is 12.9. The van der Waals surface area contributed by atoms with E-state index in [1.807, 2.05) is 24.3 Å². The smallest absolute Gasteiger partial charge is 0.270 e. The number of nitrogens with zero attached hydrogens (tertiary/aromatic N) is 4. The number of carbonyl (C=O) groups excluding carboxylic acids is 1. The number of hydrogen-bond donors (Lipinski definition) is 2. The maximum absolute atomic E-state index is 12.9. The van der Waals surface area contributed by atoms with Crippen molar-refractivity contribution in [3.63, 3.8) is 0 Å². The summed E-state index contributed by atoms with van der Waals surface area (Å²) in [6.07, 6.45) is 3.61. The van der Waals surface area contributed by atoms with Crippen LogP contribution in [0.5, 0.6) is 0 Å². The number of fused-ring (bicyclic) bond motifs is 1. The minimum absolute atomic E-state index is 0.179. The number of anilines is 1. The summed E-state index contributed by atoms with van der Waals surface area (Å²) < 4.78 is 2.06. The van der Waals surface area contributed by atoms with E-state index < -0.39 is 5.91 Å². The lowest BCUT2D eigenvalue weighted by molar-refractivity contribution is -0.115. The highest BCUT2D eigenvalue weighted by atomic mass is 32.1. The number of rotatable bonds is 8. The molecule has 2 heterocycles. The molecule has 0 atom stereocenters. The second-order valence-electron chi connectivity index (χ2n) is 8.68. The van der Waals surface area contributed by atoms with Crippen LogP contribution in [0.15, 0.2) is 53.3 Å². The molecule has 0 spiro atoms. The first kappa shape index (κ1) is 25.9. The Morgan fingerprint density at radius 2 is 1.97 bits per heavy atom. The Morgan fingerprint density at radius 1 is 1.16 bits per heavy atom. The summed E-state index contributed by atoms with van der Waals surface area (Å²) in [5, 5.41) is 23.8. The van der Waals surface area contributed by atoms with Crippen LogP contribution in [-0.4, -0.2) is 35.0 Å². The highest BCUT2D eigenvalue weighted by Crippen LogP contribution is 2.19. The van der Waals surface area contributed by atoms with E-state index >= 15 is 0 Å². The van der Waals surface area contributed by atoms with Gasteiger partial charge in [-0.2, -0.15) is 10.5 Å². The third kappa shape index (κ3) is 6.15. The van der Waals surface area contributed by atoms with Crippen LogP contribution in [0, 0.1) is 22.7 Å². The second kappa shape index (κ2) is 12.2. The van der Waals surface area contributed by atoms with Crippen LogP contribution in [0.2, 0.25) is 0 Å². The monoisotopic (exact) mass is 512 g/mol. The van der Waals surface area contributed by atoms with Gasteiger partial charge >= 0.3 is 0 Å². The first-order chi connectivity index (χ1) is 18.0. The third-order valence-electron chi connectivity index (χ3n) is 6.33. The van der Waals surface area contributed by atoms with E-state index in [9.17, 15) is 14.9 Å². The van der Waals surface area contributed by atoms with Crippen molar-refractivity contribution in [1.29, 1.82) is 10.5 Å². The summed E-state index contributed by atoms with van der Waals surface area (Å²) in [6.45, 7) is 4.88. The van der Waals surface area contributed by atoms with Crippen LogP contribution in [0.25, 0.3) is 11.8 Å². The SMILES string of the molecule is CCn1c(=O)/c(=C\Nc2cccc(CCN3CCc4ccccc4C3)c2)s/c1=C(/C#N)C(=O)NCC#N. The van der Waals surface area contributed by atoms with Crippen LogP contribution >= 0.6 is 11.3 Å². The van der Waals surface area contributed by atoms with Crippen LogP contribution < -0.4 is 25.4 Å². The zero-order valence-electron chi connectivity index (χ0n) is 20.7. The lowest BCUT2D eigenvalue weighted by Gasteiger charge is -2.28. The molecule has 1 amide bonds. The number of thiazole rings is 1. The third-order valence-corrected chi connectivity index (χ3v) is 7.46. The number of carbonyl (C=O) groups is 1. The van der Waals surface area contributed by atoms with Crippen molar-refractivity contribution in [3.05, 3.63) is 84.8 Å². The van der Waals surface area contributed by atoms with Crippen molar-refractivity contribution in [2.45, 2.75) is 32.9 Å². The Kier molecular flexibility index (Phi) is 8.52. The Hall–Kier alpha value is -4.18. The molecule has 2 N–H and O–H groups in total. The highest BCUT2D eigenvalue weighted by molar-refractivity contribution is 7.07. The van der Waals surface area contributed by atoms with Gasteiger partial charge in [0.2, 0.25) is 0 Å². The van der Waals surface area contributed by atoms with Crippen LogP contribution in [0.1, 0.15) is 23.6 Å². The van der Waals surface area contributed by atoms with Crippen molar-refractivity contribution < 1.29 is 4.79 Å². The summed E-state index contributed by atoms with van der Waals surface area (Å²) in [4.78, 5) is 27.7. The van der Waals surface area contributed by atoms with Gasteiger partial charge in [0.25, 0.3) is 11.5 Å². The first-order valence-corrected chi connectivity index (χ1v) is 13.0. The number of hydrogen-bond acceptors (Lipinski definition) is 7. The Labute approximate surface area is 219 Å². The minimum Gasteiger partial charge on any atom is -0.360 e. The molecule has 8 nitrogen and oxygen atoms in total. The van der Waals surface area contributed by atoms with E-state index in [-0.39, 0.29) is 22.3 Å². The van der Waals surface area contributed by atoms with Crippen molar-refractivity contribution in [2.24, 2.45) is 0 Å².